The third-order valence-electron chi connectivity index (χ3n) is 5.93. The second kappa shape index (κ2) is 7.64. The molecule has 1 aliphatic rings. The molecule has 0 unspecified atom stereocenters. The second-order valence-electron chi connectivity index (χ2n) is 7.69. The minimum atomic E-state index is -0.00474. The van der Waals surface area contributed by atoms with Crippen LogP contribution in [0.15, 0.2) is 41.3 Å². The van der Waals surface area contributed by atoms with Crippen molar-refractivity contribution in [2.24, 2.45) is 5.92 Å². The average Bonchev–Trinajstić information content (AvgIpc) is 3.36. The van der Waals surface area contributed by atoms with Crippen molar-refractivity contribution in [3.63, 3.8) is 0 Å². The van der Waals surface area contributed by atoms with Crippen molar-refractivity contribution in [2.75, 3.05) is 13.1 Å². The highest BCUT2D eigenvalue weighted by Crippen LogP contribution is 2.23. The molecule has 0 N–H and O–H groups in total. The fourth-order valence-corrected chi connectivity index (χ4v) is 4.81. The van der Waals surface area contributed by atoms with Crippen LogP contribution in [0.2, 0.25) is 0 Å². The summed E-state index contributed by atoms with van der Waals surface area (Å²) in [4.78, 5) is 32.1. The fraction of sp³-hybridized carbons (Fsp3) is 0.381. The Morgan fingerprint density at radius 1 is 1.13 bits per heavy atom. The van der Waals surface area contributed by atoms with Crippen LogP contribution < -0.4 is 5.69 Å². The number of aromatic nitrogens is 5. The minimum Gasteiger partial charge on any atom is -0.339 e. The van der Waals surface area contributed by atoms with Crippen LogP contribution in [0.3, 0.4) is 0 Å². The van der Waals surface area contributed by atoms with Crippen molar-refractivity contribution in [2.45, 2.75) is 32.9 Å². The summed E-state index contributed by atoms with van der Waals surface area (Å²) in [7, 11) is 0. The normalized spacial score (nSPS) is 15.3. The van der Waals surface area contributed by atoms with E-state index in [4.69, 9.17) is 0 Å². The van der Waals surface area contributed by atoms with E-state index in [1.165, 1.54) is 0 Å². The van der Waals surface area contributed by atoms with Gasteiger partial charge in [0.25, 0.3) is 5.91 Å². The third-order valence-corrected chi connectivity index (χ3v) is 6.49. The topological polar surface area (TPSA) is 85.9 Å². The molecule has 0 radical (unpaired) electrons. The monoisotopic (exact) mass is 422 g/mol. The number of fused-ring (bicyclic) bond motifs is 2. The average molecular weight is 423 g/mol. The summed E-state index contributed by atoms with van der Waals surface area (Å²) in [6, 6.07) is 9.30. The van der Waals surface area contributed by atoms with Gasteiger partial charge in [0.05, 0.1) is 17.2 Å². The van der Waals surface area contributed by atoms with Crippen LogP contribution >= 0.6 is 11.7 Å². The lowest BCUT2D eigenvalue weighted by Gasteiger charge is -2.32. The van der Waals surface area contributed by atoms with Gasteiger partial charge < -0.3 is 4.90 Å². The summed E-state index contributed by atoms with van der Waals surface area (Å²) >= 11 is 1.16. The SMILES string of the molecule is CCn1c(=O)n(CC2CCN(C(=O)c3ccc4nsnc4c3)CC2)c2ncccc21. The maximum atomic E-state index is 12.9. The van der Waals surface area contributed by atoms with Gasteiger partial charge in [-0.05, 0) is 56.0 Å². The largest absolute Gasteiger partial charge is 0.339 e. The van der Waals surface area contributed by atoms with Crippen molar-refractivity contribution >= 4 is 39.8 Å². The van der Waals surface area contributed by atoms with Gasteiger partial charge in [-0.25, -0.2) is 9.78 Å². The lowest BCUT2D eigenvalue weighted by molar-refractivity contribution is 0.0683. The molecule has 1 aromatic carbocycles. The lowest BCUT2D eigenvalue weighted by Crippen LogP contribution is -2.40. The van der Waals surface area contributed by atoms with Gasteiger partial charge in [-0.2, -0.15) is 8.75 Å². The highest BCUT2D eigenvalue weighted by molar-refractivity contribution is 7.00. The number of likely N-dealkylation sites (tertiary alicyclic amines) is 1. The van der Waals surface area contributed by atoms with Gasteiger partial charge in [0, 0.05) is 37.9 Å². The van der Waals surface area contributed by atoms with Crippen molar-refractivity contribution in [1.29, 1.82) is 0 Å². The number of aryl methyl sites for hydroxylation is 1. The summed E-state index contributed by atoms with van der Waals surface area (Å²) in [5.74, 6) is 0.375. The Hall–Kier alpha value is -3.07. The first kappa shape index (κ1) is 18.9. The van der Waals surface area contributed by atoms with E-state index in [0.717, 1.165) is 46.8 Å². The Morgan fingerprint density at radius 2 is 1.93 bits per heavy atom. The maximum Gasteiger partial charge on any atom is 0.330 e. The van der Waals surface area contributed by atoms with E-state index < -0.39 is 0 Å². The fourth-order valence-electron chi connectivity index (χ4n) is 4.29. The molecule has 1 aliphatic heterocycles. The van der Waals surface area contributed by atoms with Gasteiger partial charge in [-0.3, -0.25) is 13.9 Å². The van der Waals surface area contributed by atoms with Crippen LogP contribution in [0.25, 0.3) is 22.2 Å². The molecule has 1 fully saturated rings. The molecule has 0 saturated carbocycles. The summed E-state index contributed by atoms with van der Waals surface area (Å²) in [5, 5.41) is 0. The molecule has 0 spiro atoms. The molecule has 154 valence electrons. The smallest absolute Gasteiger partial charge is 0.330 e. The van der Waals surface area contributed by atoms with Crippen molar-refractivity contribution in [3.05, 3.63) is 52.6 Å². The zero-order chi connectivity index (χ0) is 20.7. The number of hydrogen-bond acceptors (Lipinski definition) is 6. The Morgan fingerprint density at radius 3 is 2.73 bits per heavy atom. The van der Waals surface area contributed by atoms with Gasteiger partial charge >= 0.3 is 5.69 Å². The molecule has 4 aromatic rings. The first-order chi connectivity index (χ1) is 14.7. The van der Waals surface area contributed by atoms with E-state index >= 15 is 0 Å². The van der Waals surface area contributed by atoms with E-state index in [-0.39, 0.29) is 11.6 Å². The molecule has 30 heavy (non-hydrogen) atoms. The predicted octanol–water partition coefficient (Wildman–Crippen LogP) is 2.78. The molecule has 3 aromatic heterocycles. The summed E-state index contributed by atoms with van der Waals surface area (Å²) in [6.45, 7) is 4.61. The molecule has 1 saturated heterocycles. The van der Waals surface area contributed by atoms with Crippen molar-refractivity contribution in [1.82, 2.24) is 27.8 Å². The second-order valence-corrected chi connectivity index (χ2v) is 8.22. The number of hydrogen-bond donors (Lipinski definition) is 0. The molecular weight excluding hydrogens is 400 g/mol. The van der Waals surface area contributed by atoms with Crippen molar-refractivity contribution < 1.29 is 4.79 Å². The first-order valence-electron chi connectivity index (χ1n) is 10.2. The summed E-state index contributed by atoms with van der Waals surface area (Å²) in [5.41, 5.74) is 3.85. The third kappa shape index (κ3) is 3.19. The van der Waals surface area contributed by atoms with E-state index in [2.05, 4.69) is 13.7 Å². The minimum absolute atomic E-state index is 0.00474. The van der Waals surface area contributed by atoms with Crippen LogP contribution in [0, 0.1) is 5.92 Å². The number of carbonyl (C=O) groups excluding carboxylic acids is 1. The number of benzene rings is 1. The lowest BCUT2D eigenvalue weighted by atomic mass is 9.96. The number of carbonyl (C=O) groups is 1. The van der Waals surface area contributed by atoms with Gasteiger partial charge in [-0.1, -0.05) is 0 Å². The van der Waals surface area contributed by atoms with E-state index in [0.29, 0.717) is 37.7 Å². The summed E-state index contributed by atoms with van der Waals surface area (Å²) < 4.78 is 12.0. The van der Waals surface area contributed by atoms with Crippen LogP contribution in [-0.4, -0.2) is 46.8 Å². The Kier molecular flexibility index (Phi) is 4.82. The molecular formula is C21H22N6O2S. The Balaban J connectivity index is 1.30. The number of pyridine rings is 1. The highest BCUT2D eigenvalue weighted by Gasteiger charge is 2.26. The van der Waals surface area contributed by atoms with Crippen molar-refractivity contribution in [3.8, 4) is 0 Å². The number of piperidine rings is 1. The van der Waals surface area contributed by atoms with Gasteiger partial charge in [0.2, 0.25) is 0 Å². The Bertz CT molecular complexity index is 1280. The molecule has 4 heterocycles. The van der Waals surface area contributed by atoms with Gasteiger partial charge in [0.1, 0.15) is 11.0 Å². The molecule has 8 nitrogen and oxygen atoms in total. The van der Waals surface area contributed by atoms with Crippen LogP contribution in [0.5, 0.6) is 0 Å². The van der Waals surface area contributed by atoms with Crippen LogP contribution in [0.1, 0.15) is 30.1 Å². The number of amides is 1. The van der Waals surface area contributed by atoms with E-state index in [1.807, 2.05) is 42.2 Å². The molecule has 0 bridgehead atoms. The Labute approximate surface area is 177 Å². The first-order valence-corrected chi connectivity index (χ1v) is 10.9. The number of rotatable bonds is 4. The maximum absolute atomic E-state index is 12.9. The van der Waals surface area contributed by atoms with E-state index in [9.17, 15) is 9.59 Å². The van der Waals surface area contributed by atoms with Crippen LogP contribution in [0.4, 0.5) is 0 Å². The zero-order valence-corrected chi connectivity index (χ0v) is 17.5. The van der Waals surface area contributed by atoms with Gasteiger partial charge in [-0.15, -0.1) is 0 Å². The molecule has 5 rings (SSSR count). The molecule has 9 heteroatoms. The summed E-state index contributed by atoms with van der Waals surface area (Å²) in [6.07, 6.45) is 3.46. The highest BCUT2D eigenvalue weighted by atomic mass is 32.1. The predicted molar refractivity (Wildman–Crippen MR) is 116 cm³/mol. The van der Waals surface area contributed by atoms with Crippen LogP contribution in [-0.2, 0) is 13.1 Å². The zero-order valence-electron chi connectivity index (χ0n) is 16.7. The number of imidazole rings is 1. The van der Waals surface area contributed by atoms with E-state index in [1.54, 1.807) is 15.3 Å². The standard InChI is InChI=1S/C21H22N6O2S/c1-2-26-18-4-3-9-22-19(18)27(21(26)29)13-14-7-10-25(11-8-14)20(28)15-5-6-16-17(12-15)24-30-23-16/h3-6,9,12,14H,2,7-8,10-11,13H2,1H3. The van der Waals surface area contributed by atoms with Gasteiger partial charge in [0.15, 0.2) is 5.65 Å². The number of nitrogens with zero attached hydrogens (tertiary/aromatic N) is 6. The quantitative estimate of drug-likeness (QED) is 0.505. The molecule has 1 amide bonds. The molecule has 0 atom stereocenters. The molecule has 0 aliphatic carbocycles.